The van der Waals surface area contributed by atoms with Crippen molar-refractivity contribution < 1.29 is 14.3 Å². The average Bonchev–Trinajstić information content (AvgIpc) is 3.33. The van der Waals surface area contributed by atoms with Gasteiger partial charge in [0, 0.05) is 24.7 Å². The molecule has 0 spiro atoms. The van der Waals surface area contributed by atoms with Gasteiger partial charge in [-0.1, -0.05) is 0 Å². The number of piperidine rings is 1. The van der Waals surface area contributed by atoms with Crippen molar-refractivity contribution in [1.82, 2.24) is 35.1 Å². The maximum atomic E-state index is 11.9. The number of imide groups is 1. The number of anilines is 1. The van der Waals surface area contributed by atoms with Gasteiger partial charge in [-0.15, -0.1) is 0 Å². The molecule has 1 aliphatic carbocycles. The zero-order valence-corrected chi connectivity index (χ0v) is 16.0. The molecule has 2 aromatic rings. The third-order valence-corrected chi connectivity index (χ3v) is 5.24. The Labute approximate surface area is 166 Å². The Bertz CT molecular complexity index is 1000. The molecule has 0 unspecified atom stereocenters. The fourth-order valence-corrected chi connectivity index (χ4v) is 3.42. The smallest absolute Gasteiger partial charge is 0.326 e. The number of hydrogen-bond donors (Lipinski definition) is 3. The van der Waals surface area contributed by atoms with Crippen molar-refractivity contribution in [1.29, 1.82) is 0 Å². The van der Waals surface area contributed by atoms with E-state index in [1.807, 2.05) is 0 Å². The topological polar surface area (TPSA) is 126 Å². The normalized spacial score (nSPS) is 22.2. The number of fused-ring (bicyclic) bond motifs is 1. The monoisotopic (exact) mass is 398 g/mol. The zero-order valence-electron chi connectivity index (χ0n) is 16.0. The van der Waals surface area contributed by atoms with E-state index in [1.54, 1.807) is 16.8 Å². The van der Waals surface area contributed by atoms with E-state index in [4.69, 9.17) is 4.74 Å². The van der Waals surface area contributed by atoms with Crippen LogP contribution in [-0.4, -0.2) is 68.7 Å². The van der Waals surface area contributed by atoms with Gasteiger partial charge in [0.2, 0.25) is 5.95 Å². The standard InChI is InChI=1S/C18H22N8O3/c1-25-6-4-12(5-7-25)29-18-22-14-10(8-13-15(27)23-17(28)21-13)9-19-26(14)16(24-18)20-11-2-3-11/h8-9,11-12H,2-7H2,1H3,(H,20,22,24)(H2,21,23,27,28)/b13-8-. The molecule has 2 saturated heterocycles. The minimum Gasteiger partial charge on any atom is -0.460 e. The zero-order chi connectivity index (χ0) is 20.0. The summed E-state index contributed by atoms with van der Waals surface area (Å²) in [6.45, 7) is 1.94. The third-order valence-electron chi connectivity index (χ3n) is 5.24. The molecule has 11 nitrogen and oxygen atoms in total. The lowest BCUT2D eigenvalue weighted by molar-refractivity contribution is -0.115. The van der Waals surface area contributed by atoms with Crippen LogP contribution in [0.3, 0.4) is 0 Å². The largest absolute Gasteiger partial charge is 0.460 e. The van der Waals surface area contributed by atoms with Crippen molar-refractivity contribution in [3.8, 4) is 6.01 Å². The molecular weight excluding hydrogens is 376 g/mol. The second-order valence-corrected chi connectivity index (χ2v) is 7.67. The van der Waals surface area contributed by atoms with Crippen LogP contribution in [0.1, 0.15) is 31.2 Å². The Kier molecular flexibility index (Phi) is 4.31. The summed E-state index contributed by atoms with van der Waals surface area (Å²) in [7, 11) is 2.10. The second kappa shape index (κ2) is 6.99. The molecule has 3 aliphatic rings. The van der Waals surface area contributed by atoms with Crippen LogP contribution >= 0.6 is 0 Å². The summed E-state index contributed by atoms with van der Waals surface area (Å²) in [6.07, 6.45) is 7.20. The molecule has 2 aliphatic heterocycles. The SMILES string of the molecule is CN1CCC(Oc2nc(NC3CC3)n3ncc(/C=C4\NC(=O)NC4=O)c3n2)CC1. The Morgan fingerprint density at radius 2 is 1.97 bits per heavy atom. The maximum absolute atomic E-state index is 11.9. The van der Waals surface area contributed by atoms with Crippen molar-refractivity contribution in [2.45, 2.75) is 37.8 Å². The van der Waals surface area contributed by atoms with Gasteiger partial charge in [0.15, 0.2) is 5.65 Å². The lowest BCUT2D eigenvalue weighted by Gasteiger charge is -2.28. The van der Waals surface area contributed by atoms with E-state index in [-0.39, 0.29) is 17.8 Å². The molecule has 29 heavy (non-hydrogen) atoms. The molecule has 2 aromatic heterocycles. The molecule has 11 heteroatoms. The van der Waals surface area contributed by atoms with Crippen LogP contribution in [-0.2, 0) is 4.79 Å². The van der Waals surface area contributed by atoms with Crippen molar-refractivity contribution in [3.63, 3.8) is 0 Å². The number of hydrogen-bond acceptors (Lipinski definition) is 8. The fourth-order valence-electron chi connectivity index (χ4n) is 3.42. The van der Waals surface area contributed by atoms with Gasteiger partial charge < -0.3 is 20.3 Å². The predicted molar refractivity (Wildman–Crippen MR) is 103 cm³/mol. The number of rotatable bonds is 5. The molecule has 3 amide bonds. The number of ether oxygens (including phenoxy) is 1. The number of nitrogens with zero attached hydrogens (tertiary/aromatic N) is 5. The molecule has 3 N–H and O–H groups in total. The number of carbonyl (C=O) groups is 2. The summed E-state index contributed by atoms with van der Waals surface area (Å²) in [5.74, 6) is 0.0764. The lowest BCUT2D eigenvalue weighted by Crippen LogP contribution is -2.36. The molecule has 5 rings (SSSR count). The van der Waals surface area contributed by atoms with Gasteiger partial charge in [0.05, 0.1) is 6.20 Å². The second-order valence-electron chi connectivity index (χ2n) is 7.67. The quantitative estimate of drug-likeness (QED) is 0.487. The molecule has 0 atom stereocenters. The fraction of sp³-hybridized carbons (Fsp3) is 0.500. The first-order chi connectivity index (χ1) is 14.0. The molecule has 1 saturated carbocycles. The van der Waals surface area contributed by atoms with Crippen LogP contribution in [0.25, 0.3) is 11.7 Å². The number of carbonyl (C=O) groups excluding carboxylic acids is 2. The maximum Gasteiger partial charge on any atom is 0.326 e. The summed E-state index contributed by atoms with van der Waals surface area (Å²) in [5.41, 5.74) is 1.25. The van der Waals surface area contributed by atoms with Gasteiger partial charge in [-0.3, -0.25) is 10.1 Å². The minimum atomic E-state index is -0.547. The highest BCUT2D eigenvalue weighted by Crippen LogP contribution is 2.27. The highest BCUT2D eigenvalue weighted by atomic mass is 16.5. The summed E-state index contributed by atoms with van der Waals surface area (Å²) in [6, 6.07) is 0.111. The molecule has 152 valence electrons. The summed E-state index contributed by atoms with van der Waals surface area (Å²) in [5, 5.41) is 12.4. The minimum absolute atomic E-state index is 0.0621. The van der Waals surface area contributed by atoms with E-state index in [2.05, 4.69) is 43.0 Å². The van der Waals surface area contributed by atoms with E-state index in [0.717, 1.165) is 38.8 Å². The van der Waals surface area contributed by atoms with Crippen LogP contribution in [0.2, 0.25) is 0 Å². The first-order valence-electron chi connectivity index (χ1n) is 9.77. The van der Waals surface area contributed by atoms with Crippen LogP contribution in [0.15, 0.2) is 11.9 Å². The molecule has 0 aromatic carbocycles. The van der Waals surface area contributed by atoms with Gasteiger partial charge in [-0.05, 0) is 38.8 Å². The number of amides is 3. The predicted octanol–water partition coefficient (Wildman–Crippen LogP) is 0.352. The van der Waals surface area contributed by atoms with Gasteiger partial charge in [0.25, 0.3) is 5.91 Å². The van der Waals surface area contributed by atoms with Gasteiger partial charge in [-0.25, -0.2) is 4.79 Å². The van der Waals surface area contributed by atoms with Crippen LogP contribution in [0.5, 0.6) is 6.01 Å². The Hall–Kier alpha value is -3.21. The summed E-state index contributed by atoms with van der Waals surface area (Å²) in [4.78, 5) is 34.6. The van der Waals surface area contributed by atoms with Gasteiger partial charge in [0.1, 0.15) is 11.8 Å². The average molecular weight is 398 g/mol. The van der Waals surface area contributed by atoms with Crippen LogP contribution in [0, 0.1) is 0 Å². The van der Waals surface area contributed by atoms with Crippen LogP contribution in [0.4, 0.5) is 10.7 Å². The Morgan fingerprint density at radius 3 is 2.66 bits per heavy atom. The summed E-state index contributed by atoms with van der Waals surface area (Å²) >= 11 is 0. The van der Waals surface area contributed by atoms with Crippen molar-refractivity contribution in [3.05, 3.63) is 17.5 Å². The van der Waals surface area contributed by atoms with Crippen molar-refractivity contribution >= 4 is 29.6 Å². The van der Waals surface area contributed by atoms with Crippen LogP contribution < -0.4 is 20.7 Å². The van der Waals surface area contributed by atoms with Gasteiger partial charge >= 0.3 is 12.0 Å². The van der Waals surface area contributed by atoms with E-state index in [1.165, 1.54) is 0 Å². The van der Waals surface area contributed by atoms with Gasteiger partial charge in [-0.2, -0.15) is 19.6 Å². The van der Waals surface area contributed by atoms with Crippen molar-refractivity contribution in [2.75, 3.05) is 25.5 Å². The highest BCUT2D eigenvalue weighted by Gasteiger charge is 2.27. The van der Waals surface area contributed by atoms with E-state index in [9.17, 15) is 9.59 Å². The molecular formula is C18H22N8O3. The first kappa shape index (κ1) is 17.9. The molecule has 3 fully saturated rings. The molecule has 0 bridgehead atoms. The Balaban J connectivity index is 1.49. The highest BCUT2D eigenvalue weighted by molar-refractivity contribution is 6.14. The molecule has 0 radical (unpaired) electrons. The number of urea groups is 1. The first-order valence-corrected chi connectivity index (χ1v) is 9.77. The summed E-state index contributed by atoms with van der Waals surface area (Å²) < 4.78 is 7.69. The molecule has 4 heterocycles. The van der Waals surface area contributed by atoms with E-state index >= 15 is 0 Å². The van der Waals surface area contributed by atoms with E-state index < -0.39 is 11.9 Å². The number of nitrogens with one attached hydrogen (secondary N) is 3. The third kappa shape index (κ3) is 3.73. The number of aromatic nitrogens is 4. The lowest BCUT2D eigenvalue weighted by atomic mass is 10.1. The number of likely N-dealkylation sites (tertiary alicyclic amines) is 1. The Morgan fingerprint density at radius 1 is 1.17 bits per heavy atom. The van der Waals surface area contributed by atoms with Crippen molar-refractivity contribution in [2.24, 2.45) is 0 Å². The van der Waals surface area contributed by atoms with E-state index in [0.29, 0.717) is 23.2 Å².